The lowest BCUT2D eigenvalue weighted by Crippen LogP contribution is -2.23. The van der Waals surface area contributed by atoms with Gasteiger partial charge in [-0.15, -0.1) is 0 Å². The van der Waals surface area contributed by atoms with Crippen LogP contribution >= 0.6 is 0 Å². The van der Waals surface area contributed by atoms with E-state index in [1.54, 1.807) is 0 Å². The maximum absolute atomic E-state index is 12.0. The van der Waals surface area contributed by atoms with Crippen LogP contribution in [0.5, 0.6) is 11.8 Å². The Morgan fingerprint density at radius 3 is 2.05 bits per heavy atom. The van der Waals surface area contributed by atoms with E-state index in [-0.39, 0.29) is 0 Å². The lowest BCUT2D eigenvalue weighted by molar-refractivity contribution is -0.155. The normalized spacial score (nSPS) is 12.1. The maximum Gasteiger partial charge on any atom is 0.422 e. The van der Waals surface area contributed by atoms with Crippen LogP contribution in [0, 0.1) is 0 Å². The van der Waals surface area contributed by atoms with Crippen molar-refractivity contribution >= 4 is 5.91 Å². The molecule has 0 fully saturated rings. The SMILES string of the molecule is NC(=O)c1ccc(OCC(F)(F)F)nc1OCC(F)(F)F. The molecule has 1 aromatic heterocycles. The molecule has 118 valence electrons. The first kappa shape index (κ1) is 16.9. The van der Waals surface area contributed by atoms with Crippen LogP contribution in [0.1, 0.15) is 10.4 Å². The molecule has 0 aromatic carbocycles. The molecule has 1 amide bonds. The van der Waals surface area contributed by atoms with Gasteiger partial charge in [-0.2, -0.15) is 31.3 Å². The number of nitrogens with zero attached hydrogens (tertiary/aromatic N) is 1. The molecule has 1 aromatic rings. The van der Waals surface area contributed by atoms with E-state index in [1.807, 2.05) is 0 Å². The molecule has 2 N–H and O–H groups in total. The summed E-state index contributed by atoms with van der Waals surface area (Å²) in [6.45, 7) is -3.49. The van der Waals surface area contributed by atoms with Crippen LogP contribution in [0.4, 0.5) is 26.3 Å². The molecule has 0 unspecified atom stereocenters. The van der Waals surface area contributed by atoms with E-state index in [0.717, 1.165) is 12.1 Å². The fraction of sp³-hybridized carbons (Fsp3) is 0.400. The molecule has 0 saturated carbocycles. The maximum atomic E-state index is 12.0. The van der Waals surface area contributed by atoms with Crippen LogP contribution < -0.4 is 15.2 Å². The van der Waals surface area contributed by atoms with Gasteiger partial charge in [0.1, 0.15) is 5.56 Å². The number of primary amides is 1. The number of carbonyl (C=O) groups is 1. The number of alkyl halides is 6. The Morgan fingerprint density at radius 1 is 1.05 bits per heavy atom. The predicted molar refractivity (Wildman–Crippen MR) is 55.9 cm³/mol. The molecule has 5 nitrogen and oxygen atoms in total. The van der Waals surface area contributed by atoms with Gasteiger partial charge in [0.25, 0.3) is 5.91 Å². The number of nitrogens with two attached hydrogens (primary N) is 1. The summed E-state index contributed by atoms with van der Waals surface area (Å²) in [5, 5.41) is 0. The van der Waals surface area contributed by atoms with E-state index in [9.17, 15) is 31.1 Å². The number of amides is 1. The average Bonchev–Trinajstić information content (AvgIpc) is 2.32. The number of pyridine rings is 1. The monoisotopic (exact) mass is 318 g/mol. The number of halogens is 6. The minimum Gasteiger partial charge on any atom is -0.468 e. The summed E-state index contributed by atoms with van der Waals surface area (Å²) in [6.07, 6.45) is -9.38. The molecular weight excluding hydrogens is 310 g/mol. The Kier molecular flexibility index (Phi) is 4.86. The summed E-state index contributed by atoms with van der Waals surface area (Å²) in [5.74, 6) is -2.67. The van der Waals surface area contributed by atoms with Crippen molar-refractivity contribution in [1.82, 2.24) is 4.98 Å². The van der Waals surface area contributed by atoms with Crippen molar-refractivity contribution in [1.29, 1.82) is 0 Å². The Bertz CT molecular complexity index is 514. The lowest BCUT2D eigenvalue weighted by Gasteiger charge is -2.13. The van der Waals surface area contributed by atoms with Gasteiger partial charge < -0.3 is 15.2 Å². The number of ether oxygens (including phenoxy) is 2. The summed E-state index contributed by atoms with van der Waals surface area (Å²) in [6, 6.07) is 1.71. The third-order valence-corrected chi connectivity index (χ3v) is 1.86. The van der Waals surface area contributed by atoms with Crippen molar-refractivity contribution in [3.05, 3.63) is 17.7 Å². The molecule has 11 heteroatoms. The van der Waals surface area contributed by atoms with Gasteiger partial charge in [0.2, 0.25) is 11.8 Å². The van der Waals surface area contributed by atoms with Crippen LogP contribution in [0.15, 0.2) is 12.1 Å². The molecule has 21 heavy (non-hydrogen) atoms. The number of hydrogen-bond acceptors (Lipinski definition) is 4. The fourth-order valence-electron chi connectivity index (χ4n) is 1.11. The number of rotatable bonds is 5. The molecule has 0 aliphatic rings. The molecule has 0 atom stereocenters. The second-order valence-electron chi connectivity index (χ2n) is 3.67. The second-order valence-corrected chi connectivity index (χ2v) is 3.67. The highest BCUT2D eigenvalue weighted by Crippen LogP contribution is 2.24. The van der Waals surface area contributed by atoms with Crippen LogP contribution in [-0.2, 0) is 0 Å². The van der Waals surface area contributed by atoms with Gasteiger partial charge in [0.15, 0.2) is 13.2 Å². The summed E-state index contributed by atoms with van der Waals surface area (Å²) >= 11 is 0. The first-order chi connectivity index (χ1) is 9.48. The van der Waals surface area contributed by atoms with Crippen molar-refractivity contribution in [2.75, 3.05) is 13.2 Å². The van der Waals surface area contributed by atoms with E-state index < -0.39 is 48.8 Å². The largest absolute Gasteiger partial charge is 0.468 e. The number of carbonyl (C=O) groups excluding carboxylic acids is 1. The zero-order valence-electron chi connectivity index (χ0n) is 10.1. The fourth-order valence-corrected chi connectivity index (χ4v) is 1.11. The lowest BCUT2D eigenvalue weighted by atomic mass is 10.2. The molecule has 0 spiro atoms. The van der Waals surface area contributed by atoms with Crippen molar-refractivity contribution < 1.29 is 40.6 Å². The molecule has 0 bridgehead atoms. The molecule has 1 rings (SSSR count). The van der Waals surface area contributed by atoms with E-state index in [2.05, 4.69) is 14.5 Å². The molecule has 0 aliphatic heterocycles. The Hall–Kier alpha value is -2.20. The first-order valence-corrected chi connectivity index (χ1v) is 5.18. The van der Waals surface area contributed by atoms with Gasteiger partial charge in [-0.05, 0) is 6.07 Å². The highest BCUT2D eigenvalue weighted by atomic mass is 19.4. The molecule has 0 aliphatic carbocycles. The van der Waals surface area contributed by atoms with E-state index in [4.69, 9.17) is 5.73 Å². The van der Waals surface area contributed by atoms with Crippen LogP contribution in [0.2, 0.25) is 0 Å². The Balaban J connectivity index is 2.93. The molecule has 1 heterocycles. The van der Waals surface area contributed by atoms with E-state index >= 15 is 0 Å². The summed E-state index contributed by atoms with van der Waals surface area (Å²) in [5.41, 5.74) is 4.37. The van der Waals surface area contributed by atoms with Gasteiger partial charge in [-0.25, -0.2) is 0 Å². The van der Waals surface area contributed by atoms with Gasteiger partial charge in [0, 0.05) is 6.07 Å². The quantitative estimate of drug-likeness (QED) is 0.843. The van der Waals surface area contributed by atoms with Crippen LogP contribution in [-0.4, -0.2) is 36.5 Å². The van der Waals surface area contributed by atoms with Gasteiger partial charge >= 0.3 is 12.4 Å². The number of aromatic nitrogens is 1. The summed E-state index contributed by atoms with van der Waals surface area (Å²) < 4.78 is 80.4. The molecule has 0 saturated heterocycles. The second kappa shape index (κ2) is 6.06. The van der Waals surface area contributed by atoms with Gasteiger partial charge in [-0.3, -0.25) is 4.79 Å². The van der Waals surface area contributed by atoms with E-state index in [0.29, 0.717) is 0 Å². The van der Waals surface area contributed by atoms with Gasteiger partial charge in [-0.1, -0.05) is 0 Å². The zero-order chi connectivity index (χ0) is 16.3. The van der Waals surface area contributed by atoms with Crippen LogP contribution in [0.3, 0.4) is 0 Å². The third kappa shape index (κ3) is 6.19. The highest BCUT2D eigenvalue weighted by Gasteiger charge is 2.31. The molecular formula is C10H8F6N2O3. The van der Waals surface area contributed by atoms with Crippen molar-refractivity contribution in [3.63, 3.8) is 0 Å². The molecule has 0 radical (unpaired) electrons. The van der Waals surface area contributed by atoms with Crippen LogP contribution in [0.25, 0.3) is 0 Å². The van der Waals surface area contributed by atoms with Crippen molar-refractivity contribution in [2.45, 2.75) is 12.4 Å². The smallest absolute Gasteiger partial charge is 0.422 e. The van der Waals surface area contributed by atoms with Crippen molar-refractivity contribution in [2.24, 2.45) is 5.73 Å². The highest BCUT2D eigenvalue weighted by molar-refractivity contribution is 5.95. The van der Waals surface area contributed by atoms with Gasteiger partial charge in [0.05, 0.1) is 0 Å². The minimum absolute atomic E-state index is 0.515. The zero-order valence-corrected chi connectivity index (χ0v) is 10.1. The first-order valence-electron chi connectivity index (χ1n) is 5.18. The minimum atomic E-state index is -4.72. The average molecular weight is 318 g/mol. The predicted octanol–water partition coefficient (Wildman–Crippen LogP) is 2.06. The Morgan fingerprint density at radius 2 is 1.57 bits per heavy atom. The van der Waals surface area contributed by atoms with E-state index in [1.165, 1.54) is 0 Å². The standard InChI is InChI=1S/C10H8F6N2O3/c11-9(12,13)3-20-6-2-1-5(7(17)19)8(18-6)21-4-10(14,15)16/h1-2H,3-4H2,(H2,17,19). The third-order valence-electron chi connectivity index (χ3n) is 1.86. The summed E-state index contributed by atoms with van der Waals surface area (Å²) in [7, 11) is 0. The Labute approximate surface area is 113 Å². The number of hydrogen-bond donors (Lipinski definition) is 1. The van der Waals surface area contributed by atoms with Crippen molar-refractivity contribution in [3.8, 4) is 11.8 Å². The summed E-state index contributed by atoms with van der Waals surface area (Å²) in [4.78, 5) is 14.2. The topological polar surface area (TPSA) is 74.4 Å².